The third-order valence-electron chi connectivity index (χ3n) is 6.36. The van der Waals surface area contributed by atoms with Gasteiger partial charge < -0.3 is 14.8 Å². The first kappa shape index (κ1) is 21.2. The first-order valence-electron chi connectivity index (χ1n) is 11.5. The lowest BCUT2D eigenvalue weighted by molar-refractivity contribution is -0.132. The number of aromatic nitrogens is 5. The minimum Gasteiger partial charge on any atom is -0.338 e. The number of carbonyl (C=O) groups excluding carboxylic acids is 2. The predicted octanol–water partition coefficient (Wildman–Crippen LogP) is 3.18. The minimum absolute atomic E-state index is 0.154. The smallest absolute Gasteiger partial charge is 0.275 e. The zero-order valence-corrected chi connectivity index (χ0v) is 18.9. The highest BCUT2D eigenvalue weighted by atomic mass is 16.2. The summed E-state index contributed by atoms with van der Waals surface area (Å²) in [6, 6.07) is 7.57. The molecule has 0 saturated carbocycles. The summed E-state index contributed by atoms with van der Waals surface area (Å²) in [7, 11) is 0. The maximum atomic E-state index is 12.9. The van der Waals surface area contributed by atoms with E-state index in [1.54, 1.807) is 18.3 Å². The van der Waals surface area contributed by atoms with Crippen molar-refractivity contribution in [2.75, 3.05) is 11.9 Å². The van der Waals surface area contributed by atoms with Gasteiger partial charge in [0.1, 0.15) is 23.0 Å². The van der Waals surface area contributed by atoms with E-state index in [2.05, 4.69) is 37.0 Å². The summed E-state index contributed by atoms with van der Waals surface area (Å²) in [4.78, 5) is 36.0. The van der Waals surface area contributed by atoms with Gasteiger partial charge in [-0.15, -0.1) is 10.2 Å². The Morgan fingerprint density at radius 2 is 2.06 bits per heavy atom. The fourth-order valence-corrected chi connectivity index (χ4v) is 4.56. The number of hydrogen-bond donors (Lipinski definition) is 1. The van der Waals surface area contributed by atoms with E-state index in [1.807, 2.05) is 24.0 Å². The monoisotopic (exact) mass is 445 g/mol. The number of aryl methyl sites for hydroxylation is 1. The van der Waals surface area contributed by atoms with Crippen LogP contribution in [0.15, 0.2) is 30.5 Å². The molecular weight excluding hydrogens is 418 g/mol. The molecule has 1 atom stereocenters. The quantitative estimate of drug-likeness (QED) is 0.647. The Kier molecular flexibility index (Phi) is 5.62. The Morgan fingerprint density at radius 3 is 2.91 bits per heavy atom. The average Bonchev–Trinajstić information content (AvgIpc) is 3.41. The third kappa shape index (κ3) is 4.10. The Balaban J connectivity index is 1.33. The molecule has 2 aliphatic heterocycles. The molecule has 3 aromatic heterocycles. The Bertz CT molecular complexity index is 1220. The van der Waals surface area contributed by atoms with Crippen molar-refractivity contribution in [1.82, 2.24) is 29.6 Å². The topological polar surface area (TPSA) is 106 Å². The van der Waals surface area contributed by atoms with Crippen LogP contribution in [-0.4, -0.2) is 48.0 Å². The summed E-state index contributed by atoms with van der Waals surface area (Å²) in [5.41, 5.74) is 3.04. The van der Waals surface area contributed by atoms with E-state index in [9.17, 15) is 9.59 Å². The third-order valence-corrected chi connectivity index (χ3v) is 6.36. The van der Waals surface area contributed by atoms with E-state index in [0.717, 1.165) is 48.5 Å². The summed E-state index contributed by atoms with van der Waals surface area (Å²) >= 11 is 0. The minimum atomic E-state index is -0.334. The number of anilines is 1. The van der Waals surface area contributed by atoms with Gasteiger partial charge >= 0.3 is 0 Å². The molecule has 0 spiro atoms. The number of amides is 2. The second-order valence-corrected chi connectivity index (χ2v) is 8.71. The zero-order chi connectivity index (χ0) is 22.9. The predicted molar refractivity (Wildman–Crippen MR) is 123 cm³/mol. The summed E-state index contributed by atoms with van der Waals surface area (Å²) in [5, 5.41) is 11.4. The van der Waals surface area contributed by atoms with Crippen LogP contribution in [0.4, 0.5) is 5.82 Å². The Morgan fingerprint density at radius 1 is 1.18 bits per heavy atom. The van der Waals surface area contributed by atoms with Gasteiger partial charge in [0.2, 0.25) is 5.91 Å². The molecule has 0 bridgehead atoms. The number of hydrogen-bond acceptors (Lipinski definition) is 6. The van der Waals surface area contributed by atoms with Gasteiger partial charge in [0, 0.05) is 38.2 Å². The maximum absolute atomic E-state index is 12.9. The van der Waals surface area contributed by atoms with E-state index < -0.39 is 0 Å². The van der Waals surface area contributed by atoms with Crippen molar-refractivity contribution >= 4 is 17.6 Å². The van der Waals surface area contributed by atoms with Crippen molar-refractivity contribution in [1.29, 1.82) is 0 Å². The molecule has 0 aliphatic carbocycles. The van der Waals surface area contributed by atoms with Crippen molar-refractivity contribution in [3.63, 3.8) is 0 Å². The van der Waals surface area contributed by atoms with Gasteiger partial charge in [0.15, 0.2) is 5.82 Å². The molecule has 0 unspecified atom stereocenters. The zero-order valence-electron chi connectivity index (χ0n) is 18.9. The number of nitrogens with zero attached hydrogens (tertiary/aromatic N) is 6. The van der Waals surface area contributed by atoms with Gasteiger partial charge in [-0.3, -0.25) is 14.6 Å². The summed E-state index contributed by atoms with van der Waals surface area (Å²) < 4.78 is 2.12. The molecule has 0 saturated heterocycles. The number of nitrogens with one attached hydrogen (secondary N) is 1. The van der Waals surface area contributed by atoms with Crippen LogP contribution in [0.5, 0.6) is 0 Å². The first-order valence-corrected chi connectivity index (χ1v) is 11.5. The van der Waals surface area contributed by atoms with E-state index >= 15 is 0 Å². The summed E-state index contributed by atoms with van der Waals surface area (Å²) in [5.74, 6) is 1.94. The molecule has 9 nitrogen and oxygen atoms in total. The highest BCUT2D eigenvalue weighted by molar-refractivity contribution is 6.02. The molecule has 1 N–H and O–H groups in total. The van der Waals surface area contributed by atoms with Gasteiger partial charge in [-0.05, 0) is 55.5 Å². The van der Waals surface area contributed by atoms with Crippen molar-refractivity contribution in [2.24, 2.45) is 0 Å². The Labute approximate surface area is 192 Å². The van der Waals surface area contributed by atoms with E-state index in [4.69, 9.17) is 0 Å². The van der Waals surface area contributed by atoms with Gasteiger partial charge in [-0.25, -0.2) is 4.98 Å². The SMILES string of the molecule is CCCC(=O)N1CCc2cnc(C(=O)Nc3cccc(-c4nnc5n4[C@H](C)CC5)n3)cc2C1. The summed E-state index contributed by atoms with van der Waals surface area (Å²) in [6.07, 6.45) is 5.83. The lowest BCUT2D eigenvalue weighted by Gasteiger charge is -2.29. The van der Waals surface area contributed by atoms with Crippen molar-refractivity contribution in [2.45, 2.75) is 58.5 Å². The largest absolute Gasteiger partial charge is 0.338 e. The van der Waals surface area contributed by atoms with Crippen molar-refractivity contribution < 1.29 is 9.59 Å². The highest BCUT2D eigenvalue weighted by Gasteiger charge is 2.25. The number of pyridine rings is 2. The molecular formula is C24H27N7O2. The lowest BCUT2D eigenvalue weighted by atomic mass is 10.0. The van der Waals surface area contributed by atoms with Crippen LogP contribution < -0.4 is 5.32 Å². The van der Waals surface area contributed by atoms with E-state index in [1.165, 1.54) is 0 Å². The highest BCUT2D eigenvalue weighted by Crippen LogP contribution is 2.30. The van der Waals surface area contributed by atoms with Crippen LogP contribution in [0.1, 0.15) is 66.6 Å². The lowest BCUT2D eigenvalue weighted by Crippen LogP contribution is -2.36. The molecule has 0 radical (unpaired) electrons. The van der Waals surface area contributed by atoms with Gasteiger partial charge in [-0.1, -0.05) is 13.0 Å². The van der Waals surface area contributed by atoms with Gasteiger partial charge in [-0.2, -0.15) is 0 Å². The van der Waals surface area contributed by atoms with Crippen molar-refractivity contribution in [3.8, 4) is 11.5 Å². The number of rotatable bonds is 5. The van der Waals surface area contributed by atoms with Gasteiger partial charge in [0.05, 0.1) is 0 Å². The molecule has 2 aliphatic rings. The standard InChI is InChI=1S/C24H27N7O2/c1-3-5-22(32)30-11-10-16-13-25-19(12-17(16)14-30)24(33)27-20-7-4-6-18(26-20)23-29-28-21-9-8-15(2)31(21)23/h4,6-7,12-13,15H,3,5,8-11,14H2,1-2H3,(H,26,27,33)/t15-/m1/s1. The van der Waals surface area contributed by atoms with Crippen LogP contribution in [0.2, 0.25) is 0 Å². The van der Waals surface area contributed by atoms with Crippen LogP contribution in [0.25, 0.3) is 11.5 Å². The molecule has 2 amide bonds. The maximum Gasteiger partial charge on any atom is 0.275 e. The fraction of sp³-hybridized carbons (Fsp3) is 0.417. The average molecular weight is 446 g/mol. The number of carbonyl (C=O) groups is 2. The van der Waals surface area contributed by atoms with Crippen LogP contribution in [0, 0.1) is 0 Å². The fourth-order valence-electron chi connectivity index (χ4n) is 4.56. The van der Waals surface area contributed by atoms with E-state index in [0.29, 0.717) is 42.8 Å². The molecule has 33 heavy (non-hydrogen) atoms. The van der Waals surface area contributed by atoms with E-state index in [-0.39, 0.29) is 11.8 Å². The molecule has 5 rings (SSSR count). The molecule has 5 heterocycles. The molecule has 9 heteroatoms. The molecule has 170 valence electrons. The van der Waals surface area contributed by atoms with Crippen molar-refractivity contribution in [3.05, 3.63) is 53.1 Å². The molecule has 3 aromatic rings. The van der Waals surface area contributed by atoms with Gasteiger partial charge in [0.25, 0.3) is 5.91 Å². The second kappa shape index (κ2) is 8.73. The summed E-state index contributed by atoms with van der Waals surface area (Å²) in [6.45, 7) is 5.36. The normalized spacial score (nSPS) is 16.9. The number of fused-ring (bicyclic) bond motifs is 2. The molecule has 0 aromatic carbocycles. The van der Waals surface area contributed by atoms with Crippen LogP contribution in [-0.2, 0) is 24.2 Å². The Hall–Kier alpha value is -3.62. The first-order chi connectivity index (χ1) is 16.0. The van der Waals surface area contributed by atoms with Crippen LogP contribution >= 0.6 is 0 Å². The second-order valence-electron chi connectivity index (χ2n) is 8.71. The molecule has 0 fully saturated rings. The van der Waals surface area contributed by atoms with Crippen LogP contribution in [0.3, 0.4) is 0 Å².